The van der Waals surface area contributed by atoms with E-state index in [1.807, 2.05) is 13.8 Å². The van der Waals surface area contributed by atoms with Crippen molar-refractivity contribution in [3.05, 3.63) is 65.7 Å². The monoisotopic (exact) mass is 397 g/mol. The maximum atomic E-state index is 13.9. The van der Waals surface area contributed by atoms with Crippen LogP contribution in [-0.2, 0) is 22.4 Å². The molecule has 0 N–H and O–H groups in total. The predicted molar refractivity (Wildman–Crippen MR) is 105 cm³/mol. The average molecular weight is 397 g/mol. The molecule has 3 rings (SSSR count). The first-order chi connectivity index (χ1) is 13.9. The lowest BCUT2D eigenvalue weighted by Gasteiger charge is -2.17. The number of carbonyl (C=O) groups excluding carboxylic acids is 1. The Bertz CT molecular complexity index is 1000. The summed E-state index contributed by atoms with van der Waals surface area (Å²) in [5.41, 5.74) is 2.83. The molecule has 0 amide bonds. The van der Waals surface area contributed by atoms with Crippen LogP contribution < -0.4 is 0 Å². The van der Waals surface area contributed by atoms with E-state index in [-0.39, 0.29) is 18.2 Å². The van der Waals surface area contributed by atoms with Crippen LogP contribution in [0.1, 0.15) is 25.2 Å². The topological polar surface area (TPSA) is 65.0 Å². The third kappa shape index (κ3) is 4.99. The standard InChI is InChI=1S/C22H21F2N3O2/c1-13(2)8-18-21(14-4-6-25-7-5-14)26-19(12-20(28)29-3)27-22(18)15-9-16(23)11-17(24)10-15/h4-7,9-11,13H,8,12H2,1-3H3. The molecule has 29 heavy (non-hydrogen) atoms. The van der Waals surface area contributed by atoms with Crippen LogP contribution >= 0.6 is 0 Å². The van der Waals surface area contributed by atoms with Crippen LogP contribution in [0, 0.1) is 17.6 Å². The fourth-order valence-electron chi connectivity index (χ4n) is 3.09. The molecule has 5 nitrogen and oxygen atoms in total. The Hall–Kier alpha value is -3.22. The van der Waals surface area contributed by atoms with Crippen molar-refractivity contribution in [1.82, 2.24) is 15.0 Å². The van der Waals surface area contributed by atoms with Gasteiger partial charge in [-0.25, -0.2) is 18.7 Å². The van der Waals surface area contributed by atoms with E-state index in [9.17, 15) is 13.6 Å². The summed E-state index contributed by atoms with van der Waals surface area (Å²) >= 11 is 0. The van der Waals surface area contributed by atoms with Crippen LogP contribution in [-0.4, -0.2) is 28.0 Å². The molecule has 3 aromatic rings. The van der Waals surface area contributed by atoms with Crippen molar-refractivity contribution in [1.29, 1.82) is 0 Å². The third-order valence-corrected chi connectivity index (χ3v) is 4.29. The summed E-state index contributed by atoms with van der Waals surface area (Å²) in [6, 6.07) is 6.86. The Balaban J connectivity index is 2.30. The Labute approximate surface area is 167 Å². The van der Waals surface area contributed by atoms with E-state index < -0.39 is 17.6 Å². The number of esters is 1. The van der Waals surface area contributed by atoms with E-state index >= 15 is 0 Å². The van der Waals surface area contributed by atoms with Gasteiger partial charge in [0.05, 0.1) is 18.5 Å². The lowest BCUT2D eigenvalue weighted by Crippen LogP contribution is -2.12. The van der Waals surface area contributed by atoms with Gasteiger partial charge in [0.2, 0.25) is 0 Å². The first kappa shape index (κ1) is 20.5. The van der Waals surface area contributed by atoms with Crippen LogP contribution in [0.2, 0.25) is 0 Å². The third-order valence-electron chi connectivity index (χ3n) is 4.29. The summed E-state index contributed by atoms with van der Waals surface area (Å²) in [5, 5.41) is 0. The number of hydrogen-bond acceptors (Lipinski definition) is 5. The van der Waals surface area contributed by atoms with E-state index in [2.05, 4.69) is 15.0 Å². The molecule has 0 radical (unpaired) electrons. The normalized spacial score (nSPS) is 11.0. The first-order valence-electron chi connectivity index (χ1n) is 9.20. The molecule has 0 aliphatic carbocycles. The van der Waals surface area contributed by atoms with Gasteiger partial charge in [-0.1, -0.05) is 13.8 Å². The summed E-state index contributed by atoms with van der Waals surface area (Å²) in [7, 11) is 1.28. The number of carbonyl (C=O) groups is 1. The van der Waals surface area contributed by atoms with Crippen LogP contribution in [0.3, 0.4) is 0 Å². The summed E-state index contributed by atoms with van der Waals surface area (Å²) < 4.78 is 32.6. The zero-order valence-electron chi connectivity index (χ0n) is 16.4. The molecule has 0 saturated carbocycles. The highest BCUT2D eigenvalue weighted by molar-refractivity contribution is 5.76. The molecule has 0 saturated heterocycles. The Morgan fingerprint density at radius 3 is 2.14 bits per heavy atom. The van der Waals surface area contributed by atoms with Crippen LogP contribution in [0.5, 0.6) is 0 Å². The molecule has 0 aliphatic rings. The average Bonchev–Trinajstić information content (AvgIpc) is 2.68. The molecule has 7 heteroatoms. The van der Waals surface area contributed by atoms with Gasteiger partial charge in [-0.05, 0) is 36.6 Å². The first-order valence-corrected chi connectivity index (χ1v) is 9.20. The molecule has 2 heterocycles. The largest absolute Gasteiger partial charge is 0.469 e. The molecule has 0 aliphatic heterocycles. The van der Waals surface area contributed by atoms with E-state index in [1.54, 1.807) is 24.5 Å². The zero-order chi connectivity index (χ0) is 21.0. The summed E-state index contributed by atoms with van der Waals surface area (Å²) in [5.74, 6) is -1.44. The van der Waals surface area contributed by atoms with Crippen molar-refractivity contribution < 1.29 is 18.3 Å². The van der Waals surface area contributed by atoms with E-state index in [1.165, 1.54) is 19.2 Å². The minimum Gasteiger partial charge on any atom is -0.469 e. The number of halogens is 2. The van der Waals surface area contributed by atoms with Gasteiger partial charge in [0.1, 0.15) is 23.9 Å². The van der Waals surface area contributed by atoms with Crippen molar-refractivity contribution in [3.8, 4) is 22.5 Å². The van der Waals surface area contributed by atoms with Gasteiger partial charge in [-0.2, -0.15) is 0 Å². The van der Waals surface area contributed by atoms with Gasteiger partial charge in [0.15, 0.2) is 0 Å². The van der Waals surface area contributed by atoms with Crippen LogP contribution in [0.4, 0.5) is 8.78 Å². The van der Waals surface area contributed by atoms with Crippen LogP contribution in [0.15, 0.2) is 42.7 Å². The van der Waals surface area contributed by atoms with Gasteiger partial charge in [0, 0.05) is 35.2 Å². The highest BCUT2D eigenvalue weighted by Gasteiger charge is 2.20. The molecular weight excluding hydrogens is 376 g/mol. The van der Waals surface area contributed by atoms with E-state index in [0.29, 0.717) is 23.4 Å². The van der Waals surface area contributed by atoms with Gasteiger partial charge >= 0.3 is 5.97 Å². The maximum absolute atomic E-state index is 13.9. The summed E-state index contributed by atoms with van der Waals surface area (Å²) in [6.07, 6.45) is 3.71. The SMILES string of the molecule is COC(=O)Cc1nc(-c2ccncc2)c(CC(C)C)c(-c2cc(F)cc(F)c2)n1. The van der Waals surface area contributed by atoms with Gasteiger partial charge in [0.25, 0.3) is 0 Å². The molecule has 0 bridgehead atoms. The van der Waals surface area contributed by atoms with Crippen molar-refractivity contribution in [2.75, 3.05) is 7.11 Å². The number of rotatable bonds is 6. The van der Waals surface area contributed by atoms with Crippen molar-refractivity contribution in [3.63, 3.8) is 0 Å². The second-order valence-electron chi connectivity index (χ2n) is 7.06. The molecule has 0 fully saturated rings. The zero-order valence-corrected chi connectivity index (χ0v) is 16.4. The lowest BCUT2D eigenvalue weighted by atomic mass is 9.93. The Morgan fingerprint density at radius 2 is 1.59 bits per heavy atom. The smallest absolute Gasteiger partial charge is 0.313 e. The lowest BCUT2D eigenvalue weighted by molar-refractivity contribution is -0.139. The fraction of sp³-hybridized carbons (Fsp3) is 0.273. The molecule has 0 spiro atoms. The number of methoxy groups -OCH3 is 1. The number of nitrogens with zero attached hydrogens (tertiary/aromatic N) is 3. The number of aromatic nitrogens is 3. The number of hydrogen-bond donors (Lipinski definition) is 0. The van der Waals surface area contributed by atoms with Crippen LogP contribution in [0.25, 0.3) is 22.5 Å². The minimum atomic E-state index is -0.700. The number of pyridine rings is 1. The Morgan fingerprint density at radius 1 is 1.00 bits per heavy atom. The molecule has 0 unspecified atom stereocenters. The van der Waals surface area contributed by atoms with E-state index in [0.717, 1.165) is 17.2 Å². The fourth-order valence-corrected chi connectivity index (χ4v) is 3.09. The molecule has 0 atom stereocenters. The second kappa shape index (κ2) is 8.86. The molecule has 150 valence electrons. The minimum absolute atomic E-state index is 0.151. The van der Waals surface area contributed by atoms with Crippen molar-refractivity contribution >= 4 is 5.97 Å². The quantitative estimate of drug-likeness (QED) is 0.577. The highest BCUT2D eigenvalue weighted by Crippen LogP contribution is 2.32. The van der Waals surface area contributed by atoms with Gasteiger partial charge < -0.3 is 4.74 Å². The summed E-state index contributed by atoms with van der Waals surface area (Å²) in [6.45, 7) is 4.07. The molecule has 2 aromatic heterocycles. The van der Waals surface area contributed by atoms with Crippen molar-refractivity contribution in [2.45, 2.75) is 26.7 Å². The van der Waals surface area contributed by atoms with Gasteiger partial charge in [-0.3, -0.25) is 9.78 Å². The summed E-state index contributed by atoms with van der Waals surface area (Å²) in [4.78, 5) is 24.9. The van der Waals surface area contributed by atoms with Crippen molar-refractivity contribution in [2.24, 2.45) is 5.92 Å². The number of ether oxygens (including phenoxy) is 1. The molecular formula is C22H21F2N3O2. The highest BCUT2D eigenvalue weighted by atomic mass is 19.1. The number of benzene rings is 1. The predicted octanol–water partition coefficient (Wildman–Crippen LogP) is 4.40. The Kier molecular flexibility index (Phi) is 6.26. The second-order valence-corrected chi connectivity index (χ2v) is 7.06. The maximum Gasteiger partial charge on any atom is 0.313 e. The van der Waals surface area contributed by atoms with E-state index in [4.69, 9.17) is 4.74 Å². The van der Waals surface area contributed by atoms with Gasteiger partial charge in [-0.15, -0.1) is 0 Å². The molecule has 1 aromatic carbocycles.